The third-order valence-electron chi connectivity index (χ3n) is 4.98. The van der Waals surface area contributed by atoms with Gasteiger partial charge in [0.2, 0.25) is 0 Å². The standard InChI is InChI=1S/C19H21N/c1-2-10-18-17(5-1)12-20-13-19(18)16-9-4-8-15(11-16)14-6-3-7-14/h1-2,4-5,8-11,14,19-20H,3,6-7,12-13H2. The first-order valence-electron chi connectivity index (χ1n) is 7.80. The van der Waals surface area contributed by atoms with Crippen LogP contribution in [0.3, 0.4) is 0 Å². The Labute approximate surface area is 121 Å². The smallest absolute Gasteiger partial charge is 0.0218 e. The largest absolute Gasteiger partial charge is 0.312 e. The Kier molecular flexibility index (Phi) is 3.08. The molecule has 0 aromatic heterocycles. The molecule has 1 fully saturated rings. The molecule has 102 valence electrons. The Morgan fingerprint density at radius 2 is 1.75 bits per heavy atom. The van der Waals surface area contributed by atoms with E-state index in [0.29, 0.717) is 5.92 Å². The van der Waals surface area contributed by atoms with Crippen LogP contribution < -0.4 is 5.32 Å². The van der Waals surface area contributed by atoms with Crippen molar-refractivity contribution in [1.82, 2.24) is 5.32 Å². The molecule has 1 nitrogen and oxygen atoms in total. The molecule has 2 aliphatic rings. The predicted molar refractivity (Wildman–Crippen MR) is 83.0 cm³/mol. The van der Waals surface area contributed by atoms with E-state index in [2.05, 4.69) is 53.8 Å². The Morgan fingerprint density at radius 3 is 2.60 bits per heavy atom. The van der Waals surface area contributed by atoms with Crippen molar-refractivity contribution in [3.63, 3.8) is 0 Å². The maximum absolute atomic E-state index is 3.57. The normalized spacial score (nSPS) is 22.1. The lowest BCUT2D eigenvalue weighted by Gasteiger charge is -2.29. The quantitative estimate of drug-likeness (QED) is 0.856. The molecule has 1 unspecified atom stereocenters. The number of rotatable bonds is 2. The van der Waals surface area contributed by atoms with Crippen LogP contribution >= 0.6 is 0 Å². The van der Waals surface area contributed by atoms with Gasteiger partial charge >= 0.3 is 0 Å². The summed E-state index contributed by atoms with van der Waals surface area (Å²) in [6.07, 6.45) is 4.16. The molecule has 2 aromatic carbocycles. The van der Waals surface area contributed by atoms with Gasteiger partial charge in [-0.25, -0.2) is 0 Å². The van der Waals surface area contributed by atoms with Gasteiger partial charge in [-0.15, -0.1) is 0 Å². The summed E-state index contributed by atoms with van der Waals surface area (Å²) in [5.74, 6) is 1.33. The Hall–Kier alpha value is -1.60. The molecule has 1 aliphatic heterocycles. The Morgan fingerprint density at radius 1 is 0.900 bits per heavy atom. The zero-order chi connectivity index (χ0) is 13.4. The van der Waals surface area contributed by atoms with Crippen LogP contribution in [0.1, 0.15) is 53.4 Å². The summed E-state index contributed by atoms with van der Waals surface area (Å²) in [7, 11) is 0. The van der Waals surface area contributed by atoms with Crippen molar-refractivity contribution in [2.24, 2.45) is 0 Å². The zero-order valence-corrected chi connectivity index (χ0v) is 11.8. The molecule has 1 heteroatoms. The molecule has 1 N–H and O–H groups in total. The minimum absolute atomic E-state index is 0.514. The molecule has 0 radical (unpaired) electrons. The molecular formula is C19H21N. The van der Waals surface area contributed by atoms with Gasteiger partial charge in [-0.05, 0) is 41.0 Å². The van der Waals surface area contributed by atoms with Gasteiger partial charge in [0.15, 0.2) is 0 Å². The molecule has 1 saturated carbocycles. The van der Waals surface area contributed by atoms with Crippen molar-refractivity contribution in [2.45, 2.75) is 37.6 Å². The molecule has 20 heavy (non-hydrogen) atoms. The van der Waals surface area contributed by atoms with E-state index < -0.39 is 0 Å². The summed E-state index contributed by atoms with van der Waals surface area (Å²) in [5.41, 5.74) is 6.00. The molecule has 0 amide bonds. The van der Waals surface area contributed by atoms with E-state index in [1.807, 2.05) is 0 Å². The summed E-state index contributed by atoms with van der Waals surface area (Å²) < 4.78 is 0. The highest BCUT2D eigenvalue weighted by Gasteiger charge is 2.23. The van der Waals surface area contributed by atoms with E-state index in [-0.39, 0.29) is 0 Å². The van der Waals surface area contributed by atoms with Crippen LogP contribution in [0.4, 0.5) is 0 Å². The summed E-state index contributed by atoms with van der Waals surface area (Å²) in [5, 5.41) is 3.57. The van der Waals surface area contributed by atoms with Crippen LogP contribution in [0.2, 0.25) is 0 Å². The summed E-state index contributed by atoms with van der Waals surface area (Å²) in [4.78, 5) is 0. The fourth-order valence-corrected chi connectivity index (χ4v) is 3.56. The highest BCUT2D eigenvalue weighted by atomic mass is 14.9. The Balaban J connectivity index is 1.71. The first kappa shape index (κ1) is 12.2. The number of hydrogen-bond acceptors (Lipinski definition) is 1. The molecule has 2 aromatic rings. The highest BCUT2D eigenvalue weighted by molar-refractivity contribution is 5.42. The lowest BCUT2D eigenvalue weighted by Crippen LogP contribution is -2.28. The second-order valence-corrected chi connectivity index (χ2v) is 6.18. The van der Waals surface area contributed by atoms with Gasteiger partial charge in [0.05, 0.1) is 0 Å². The lowest BCUT2D eigenvalue weighted by atomic mass is 9.78. The van der Waals surface area contributed by atoms with Crippen molar-refractivity contribution < 1.29 is 0 Å². The third kappa shape index (κ3) is 2.06. The van der Waals surface area contributed by atoms with Crippen molar-refractivity contribution in [1.29, 1.82) is 0 Å². The second kappa shape index (κ2) is 5.06. The van der Waals surface area contributed by atoms with Crippen LogP contribution in [0, 0.1) is 0 Å². The Bertz CT molecular complexity index is 613. The molecule has 1 aliphatic carbocycles. The van der Waals surface area contributed by atoms with Gasteiger partial charge < -0.3 is 5.32 Å². The van der Waals surface area contributed by atoms with Crippen molar-refractivity contribution >= 4 is 0 Å². The number of nitrogens with one attached hydrogen (secondary N) is 1. The van der Waals surface area contributed by atoms with E-state index >= 15 is 0 Å². The fraction of sp³-hybridized carbons (Fsp3) is 0.368. The van der Waals surface area contributed by atoms with E-state index in [4.69, 9.17) is 0 Å². The topological polar surface area (TPSA) is 12.0 Å². The van der Waals surface area contributed by atoms with Crippen LogP contribution in [0.5, 0.6) is 0 Å². The average Bonchev–Trinajstić information content (AvgIpc) is 2.45. The maximum Gasteiger partial charge on any atom is 0.0218 e. The minimum atomic E-state index is 0.514. The first-order chi connectivity index (χ1) is 9.92. The van der Waals surface area contributed by atoms with Crippen LogP contribution in [-0.4, -0.2) is 6.54 Å². The van der Waals surface area contributed by atoms with Crippen molar-refractivity contribution in [2.75, 3.05) is 6.54 Å². The third-order valence-corrected chi connectivity index (χ3v) is 4.98. The van der Waals surface area contributed by atoms with Crippen LogP contribution in [-0.2, 0) is 6.54 Å². The van der Waals surface area contributed by atoms with E-state index in [1.54, 1.807) is 5.56 Å². The molecule has 4 rings (SSSR count). The molecule has 0 saturated heterocycles. The van der Waals surface area contributed by atoms with Gasteiger partial charge in [-0.1, -0.05) is 55.0 Å². The van der Waals surface area contributed by atoms with E-state index in [1.165, 1.54) is 36.0 Å². The van der Waals surface area contributed by atoms with Gasteiger partial charge in [0.25, 0.3) is 0 Å². The number of fused-ring (bicyclic) bond motifs is 1. The van der Waals surface area contributed by atoms with Crippen LogP contribution in [0.25, 0.3) is 0 Å². The molecular weight excluding hydrogens is 242 g/mol. The van der Waals surface area contributed by atoms with Gasteiger partial charge in [-0.3, -0.25) is 0 Å². The van der Waals surface area contributed by atoms with Crippen molar-refractivity contribution in [3.8, 4) is 0 Å². The number of hydrogen-bond donors (Lipinski definition) is 1. The molecule has 0 bridgehead atoms. The highest BCUT2D eigenvalue weighted by Crippen LogP contribution is 2.38. The molecule has 1 atom stereocenters. The fourth-order valence-electron chi connectivity index (χ4n) is 3.56. The summed E-state index contributed by atoms with van der Waals surface area (Å²) in [6.45, 7) is 2.07. The van der Waals surface area contributed by atoms with Crippen LogP contribution in [0.15, 0.2) is 48.5 Å². The monoisotopic (exact) mass is 263 g/mol. The average molecular weight is 263 g/mol. The summed E-state index contributed by atoms with van der Waals surface area (Å²) >= 11 is 0. The summed E-state index contributed by atoms with van der Waals surface area (Å²) in [6, 6.07) is 18.2. The SMILES string of the molecule is c1cc(C2CCC2)cc(C2CNCc3ccccc32)c1. The van der Waals surface area contributed by atoms with E-state index in [9.17, 15) is 0 Å². The molecule has 0 spiro atoms. The lowest BCUT2D eigenvalue weighted by molar-refractivity contribution is 0.419. The van der Waals surface area contributed by atoms with Crippen molar-refractivity contribution in [3.05, 3.63) is 70.8 Å². The molecule has 1 heterocycles. The maximum atomic E-state index is 3.57. The van der Waals surface area contributed by atoms with Gasteiger partial charge in [0.1, 0.15) is 0 Å². The zero-order valence-electron chi connectivity index (χ0n) is 11.8. The second-order valence-electron chi connectivity index (χ2n) is 6.18. The number of benzene rings is 2. The predicted octanol–water partition coefficient (Wildman–Crippen LogP) is 4.19. The minimum Gasteiger partial charge on any atom is -0.312 e. The van der Waals surface area contributed by atoms with Gasteiger partial charge in [-0.2, -0.15) is 0 Å². The first-order valence-corrected chi connectivity index (χ1v) is 7.80. The van der Waals surface area contributed by atoms with Gasteiger partial charge in [0, 0.05) is 19.0 Å². The van der Waals surface area contributed by atoms with E-state index in [0.717, 1.165) is 19.0 Å².